The van der Waals surface area contributed by atoms with E-state index >= 15 is 0 Å². The molecule has 2 amide bonds. The molecule has 3 aromatic rings. The van der Waals surface area contributed by atoms with Crippen LogP contribution in [0.4, 0.5) is 16.3 Å². The first-order chi connectivity index (χ1) is 17.2. The van der Waals surface area contributed by atoms with E-state index in [1.54, 1.807) is 17.0 Å². The first-order valence-corrected chi connectivity index (χ1v) is 12.2. The molecule has 0 spiro atoms. The van der Waals surface area contributed by atoms with Crippen LogP contribution in [-0.4, -0.2) is 45.8 Å². The van der Waals surface area contributed by atoms with Gasteiger partial charge in [0.15, 0.2) is 5.82 Å². The molecule has 0 radical (unpaired) electrons. The van der Waals surface area contributed by atoms with Gasteiger partial charge >= 0.3 is 6.09 Å². The lowest BCUT2D eigenvalue weighted by molar-refractivity contribution is 0.0204. The lowest BCUT2D eigenvalue weighted by Gasteiger charge is -2.33. The number of rotatable bonds is 6. The molecule has 0 aliphatic carbocycles. The number of carbonyl (C=O) groups is 2. The molecule has 1 aliphatic rings. The summed E-state index contributed by atoms with van der Waals surface area (Å²) in [6.07, 6.45) is 1.36. The largest absolute Gasteiger partial charge is 0.465 e. The number of likely N-dealkylation sites (tertiary alicyclic amines) is 1. The highest BCUT2D eigenvalue weighted by atomic mass is 16.6. The molecule has 2 N–H and O–H groups in total. The summed E-state index contributed by atoms with van der Waals surface area (Å²) in [5.41, 5.74) is 1.68. The number of aromatic nitrogens is 2. The molecule has 0 atom stereocenters. The molecule has 1 fully saturated rings. The summed E-state index contributed by atoms with van der Waals surface area (Å²) in [5, 5.41) is 14.8. The Kier molecular flexibility index (Phi) is 7.57. The number of ether oxygens (including phenoxy) is 1. The summed E-state index contributed by atoms with van der Waals surface area (Å²) in [6, 6.07) is 14.8. The third-order valence-electron chi connectivity index (χ3n) is 5.87. The summed E-state index contributed by atoms with van der Waals surface area (Å²) in [4.78, 5) is 26.6. The van der Waals surface area contributed by atoms with Gasteiger partial charge in [-0.3, -0.25) is 4.79 Å². The van der Waals surface area contributed by atoms with E-state index in [1.165, 1.54) is 0 Å². The van der Waals surface area contributed by atoms with Crippen LogP contribution in [-0.2, 0) is 11.3 Å². The Morgan fingerprint density at radius 2 is 1.86 bits per heavy atom. The molecule has 9 nitrogen and oxygen atoms in total. The first-order valence-electron chi connectivity index (χ1n) is 12.2. The van der Waals surface area contributed by atoms with Crippen LogP contribution in [0.2, 0.25) is 0 Å². The van der Waals surface area contributed by atoms with Gasteiger partial charge in [-0.1, -0.05) is 6.07 Å². The molecule has 1 aromatic carbocycles. The monoisotopic (exact) mass is 491 g/mol. The number of furan rings is 1. The number of hydrogen-bond donors (Lipinski definition) is 2. The second-order valence-corrected chi connectivity index (χ2v) is 9.99. The van der Waals surface area contributed by atoms with Crippen LogP contribution in [0, 0.1) is 6.92 Å². The van der Waals surface area contributed by atoms with Crippen molar-refractivity contribution in [1.82, 2.24) is 20.4 Å². The first kappa shape index (κ1) is 25.2. The minimum atomic E-state index is -0.495. The smallest absolute Gasteiger partial charge is 0.410 e. The maximum atomic E-state index is 12.5. The summed E-state index contributed by atoms with van der Waals surface area (Å²) < 4.78 is 11.0. The Morgan fingerprint density at radius 1 is 1.08 bits per heavy atom. The van der Waals surface area contributed by atoms with Crippen molar-refractivity contribution >= 4 is 23.5 Å². The van der Waals surface area contributed by atoms with Crippen LogP contribution in [0.15, 0.2) is 52.9 Å². The average molecular weight is 492 g/mol. The summed E-state index contributed by atoms with van der Waals surface area (Å²) >= 11 is 0. The molecule has 3 heterocycles. The van der Waals surface area contributed by atoms with Crippen LogP contribution in [0.3, 0.4) is 0 Å². The average Bonchev–Trinajstić information content (AvgIpc) is 3.27. The van der Waals surface area contributed by atoms with Gasteiger partial charge in [0.1, 0.15) is 17.1 Å². The molecule has 1 saturated heterocycles. The Labute approximate surface area is 211 Å². The summed E-state index contributed by atoms with van der Waals surface area (Å²) in [7, 11) is 0. The zero-order valence-electron chi connectivity index (χ0n) is 21.2. The third kappa shape index (κ3) is 6.84. The number of benzene rings is 1. The number of amides is 2. The van der Waals surface area contributed by atoms with Gasteiger partial charge in [0.25, 0.3) is 5.91 Å². The number of carbonyl (C=O) groups excluding carboxylic acids is 2. The fourth-order valence-electron chi connectivity index (χ4n) is 4.05. The zero-order valence-corrected chi connectivity index (χ0v) is 21.2. The fraction of sp³-hybridized carbons (Fsp3) is 0.407. The molecule has 9 heteroatoms. The van der Waals surface area contributed by atoms with Crippen molar-refractivity contribution in [2.24, 2.45) is 0 Å². The number of nitrogens with zero attached hydrogens (tertiary/aromatic N) is 3. The van der Waals surface area contributed by atoms with Crippen molar-refractivity contribution in [2.45, 2.75) is 58.6 Å². The van der Waals surface area contributed by atoms with Crippen LogP contribution >= 0.6 is 0 Å². The highest BCUT2D eigenvalue weighted by Crippen LogP contribution is 2.28. The van der Waals surface area contributed by atoms with Crippen LogP contribution in [0.1, 0.15) is 67.1 Å². The standard InChI is InChI=1S/C27H33N5O4/c1-18-8-9-22(35-18)17-28-25(33)20-6-5-7-21(16-20)29-24-11-10-23(30-31-24)19-12-14-32(15-13-19)26(34)36-27(2,3)4/h5-11,16,19H,12-15,17H2,1-4H3,(H,28,33)(H,29,31). The Bertz CT molecular complexity index is 1190. The van der Waals surface area contributed by atoms with Gasteiger partial charge in [0.2, 0.25) is 0 Å². The van der Waals surface area contributed by atoms with E-state index in [2.05, 4.69) is 20.8 Å². The van der Waals surface area contributed by atoms with Crippen LogP contribution in [0.5, 0.6) is 0 Å². The number of aryl methyl sites for hydroxylation is 1. The summed E-state index contributed by atoms with van der Waals surface area (Å²) in [5.74, 6) is 2.17. The molecule has 0 saturated carbocycles. The topological polar surface area (TPSA) is 110 Å². The minimum absolute atomic E-state index is 0.188. The predicted molar refractivity (Wildman–Crippen MR) is 136 cm³/mol. The quantitative estimate of drug-likeness (QED) is 0.490. The van der Waals surface area contributed by atoms with E-state index in [9.17, 15) is 9.59 Å². The lowest BCUT2D eigenvalue weighted by Crippen LogP contribution is -2.41. The van der Waals surface area contributed by atoms with Gasteiger partial charge in [0.05, 0.1) is 12.2 Å². The van der Waals surface area contributed by atoms with E-state index < -0.39 is 5.60 Å². The number of hydrogen-bond acceptors (Lipinski definition) is 7. The third-order valence-corrected chi connectivity index (χ3v) is 5.87. The minimum Gasteiger partial charge on any atom is -0.465 e. The van der Waals surface area contributed by atoms with E-state index in [0.717, 1.165) is 30.0 Å². The Hall–Kier alpha value is -3.88. The molecule has 0 bridgehead atoms. The second kappa shape index (κ2) is 10.8. The zero-order chi connectivity index (χ0) is 25.7. The maximum Gasteiger partial charge on any atom is 0.410 e. The van der Waals surface area contributed by atoms with Crippen LogP contribution < -0.4 is 10.6 Å². The van der Waals surface area contributed by atoms with Gasteiger partial charge in [-0.05, 0) is 83.0 Å². The number of piperidine rings is 1. The van der Waals surface area contributed by atoms with Gasteiger partial charge in [-0.25, -0.2) is 4.79 Å². The highest BCUT2D eigenvalue weighted by molar-refractivity contribution is 5.95. The SMILES string of the molecule is Cc1ccc(CNC(=O)c2cccc(Nc3ccc(C4CCN(C(=O)OC(C)(C)C)CC4)nn3)c2)o1. The normalized spacial score (nSPS) is 14.4. The van der Waals surface area contributed by atoms with E-state index in [1.807, 2.05) is 64.1 Å². The van der Waals surface area contributed by atoms with Crippen molar-refractivity contribution < 1.29 is 18.7 Å². The van der Waals surface area contributed by atoms with Crippen molar-refractivity contribution in [3.63, 3.8) is 0 Å². The molecule has 190 valence electrons. The molecule has 1 aliphatic heterocycles. The van der Waals surface area contributed by atoms with Gasteiger partial charge in [-0.2, -0.15) is 5.10 Å². The number of nitrogens with one attached hydrogen (secondary N) is 2. The predicted octanol–water partition coefficient (Wildman–Crippen LogP) is 5.17. The number of anilines is 2. The van der Waals surface area contributed by atoms with Crippen LogP contribution in [0.25, 0.3) is 0 Å². The lowest BCUT2D eigenvalue weighted by atomic mass is 9.93. The van der Waals surface area contributed by atoms with E-state index in [4.69, 9.17) is 9.15 Å². The second-order valence-electron chi connectivity index (χ2n) is 9.99. The van der Waals surface area contributed by atoms with E-state index in [0.29, 0.717) is 36.8 Å². The molecule has 0 unspecified atom stereocenters. The van der Waals surface area contributed by atoms with Gasteiger partial charge < -0.3 is 24.7 Å². The van der Waals surface area contributed by atoms with Crippen molar-refractivity contribution in [2.75, 3.05) is 18.4 Å². The van der Waals surface area contributed by atoms with Crippen molar-refractivity contribution in [3.8, 4) is 0 Å². The molecule has 2 aromatic heterocycles. The Morgan fingerprint density at radius 3 is 2.50 bits per heavy atom. The fourth-order valence-corrected chi connectivity index (χ4v) is 4.05. The van der Waals surface area contributed by atoms with Gasteiger partial charge in [0, 0.05) is 30.3 Å². The molecule has 4 rings (SSSR count). The van der Waals surface area contributed by atoms with E-state index in [-0.39, 0.29) is 17.9 Å². The van der Waals surface area contributed by atoms with Crippen molar-refractivity contribution in [1.29, 1.82) is 0 Å². The van der Waals surface area contributed by atoms with Crippen molar-refractivity contribution in [3.05, 3.63) is 71.3 Å². The molecule has 36 heavy (non-hydrogen) atoms. The van der Waals surface area contributed by atoms with Gasteiger partial charge in [-0.15, -0.1) is 5.10 Å². The molecular weight excluding hydrogens is 458 g/mol. The summed E-state index contributed by atoms with van der Waals surface area (Å²) in [6.45, 7) is 9.08. The highest BCUT2D eigenvalue weighted by Gasteiger charge is 2.28. The maximum absolute atomic E-state index is 12.5. The Balaban J connectivity index is 1.30. The molecular formula is C27H33N5O4.